The lowest BCUT2D eigenvalue weighted by Gasteiger charge is -2.06. The summed E-state index contributed by atoms with van der Waals surface area (Å²) in [7, 11) is 0. The van der Waals surface area contributed by atoms with Crippen molar-refractivity contribution in [2.75, 3.05) is 6.61 Å². The van der Waals surface area contributed by atoms with E-state index in [0.29, 0.717) is 28.5 Å². The van der Waals surface area contributed by atoms with Gasteiger partial charge in [-0.25, -0.2) is 9.38 Å². The van der Waals surface area contributed by atoms with E-state index < -0.39 is 0 Å². The Morgan fingerprint density at radius 1 is 1.50 bits per heavy atom. The molecule has 1 aromatic carbocycles. The van der Waals surface area contributed by atoms with E-state index in [0.717, 1.165) is 0 Å². The first kappa shape index (κ1) is 11.6. The van der Waals surface area contributed by atoms with Gasteiger partial charge in [0, 0.05) is 4.47 Å². The highest BCUT2D eigenvalue weighted by molar-refractivity contribution is 9.10. The van der Waals surface area contributed by atoms with Gasteiger partial charge in [-0.05, 0) is 24.1 Å². The van der Waals surface area contributed by atoms with Gasteiger partial charge in [0.05, 0.1) is 11.6 Å². The van der Waals surface area contributed by atoms with Crippen LogP contribution in [0.4, 0.5) is 4.39 Å². The number of hydrogen-bond acceptors (Lipinski definition) is 2. The molecule has 1 aliphatic rings. The highest BCUT2D eigenvalue weighted by Crippen LogP contribution is 2.21. The Bertz CT molecular complexity index is 431. The summed E-state index contributed by atoms with van der Waals surface area (Å²) in [5.74, 6) is 0.525. The summed E-state index contributed by atoms with van der Waals surface area (Å²) in [6.45, 7) is 4.71. The topological polar surface area (TPSA) is 21.6 Å². The molecular weight excluding hydrogens is 273 g/mol. The van der Waals surface area contributed by atoms with Gasteiger partial charge < -0.3 is 4.74 Å². The van der Waals surface area contributed by atoms with Gasteiger partial charge >= 0.3 is 0 Å². The van der Waals surface area contributed by atoms with Crippen LogP contribution in [0.1, 0.15) is 19.4 Å². The minimum Gasteiger partial charge on any atom is -0.475 e. The predicted molar refractivity (Wildman–Crippen MR) is 65.2 cm³/mol. The molecule has 4 heteroatoms. The Balaban J connectivity index is 2.29. The van der Waals surface area contributed by atoms with Crippen molar-refractivity contribution in [3.63, 3.8) is 0 Å². The summed E-state index contributed by atoms with van der Waals surface area (Å²) < 4.78 is 19.8. The van der Waals surface area contributed by atoms with Crippen molar-refractivity contribution >= 4 is 21.8 Å². The van der Waals surface area contributed by atoms with Crippen LogP contribution in [0.5, 0.6) is 0 Å². The second-order valence-corrected chi connectivity index (χ2v) is 5.10. The van der Waals surface area contributed by atoms with Gasteiger partial charge in [0.25, 0.3) is 0 Å². The van der Waals surface area contributed by atoms with E-state index in [9.17, 15) is 4.39 Å². The summed E-state index contributed by atoms with van der Waals surface area (Å²) in [6, 6.07) is 5.02. The van der Waals surface area contributed by atoms with E-state index in [1.165, 1.54) is 6.07 Å². The number of nitrogens with zero attached hydrogens (tertiary/aromatic N) is 1. The molecule has 0 radical (unpaired) electrons. The average Bonchev–Trinajstić information content (AvgIpc) is 2.66. The smallest absolute Gasteiger partial charge is 0.219 e. The zero-order chi connectivity index (χ0) is 11.7. The normalized spacial score (nSPS) is 19.8. The Labute approximate surface area is 103 Å². The molecule has 0 amide bonds. The maximum Gasteiger partial charge on any atom is 0.219 e. The van der Waals surface area contributed by atoms with Crippen LogP contribution in [0.15, 0.2) is 27.7 Å². The third-order valence-electron chi connectivity index (χ3n) is 2.60. The maximum atomic E-state index is 13.6. The summed E-state index contributed by atoms with van der Waals surface area (Å²) >= 11 is 3.22. The van der Waals surface area contributed by atoms with Gasteiger partial charge in [-0.3, -0.25) is 0 Å². The largest absolute Gasteiger partial charge is 0.475 e. The van der Waals surface area contributed by atoms with Crippen molar-refractivity contribution in [3.05, 3.63) is 34.1 Å². The van der Waals surface area contributed by atoms with Crippen LogP contribution in [0.25, 0.3) is 0 Å². The Hall–Kier alpha value is -0.900. The van der Waals surface area contributed by atoms with Crippen LogP contribution in [-0.4, -0.2) is 18.5 Å². The van der Waals surface area contributed by atoms with Crippen molar-refractivity contribution in [1.29, 1.82) is 0 Å². The number of benzene rings is 1. The first-order valence-electron chi connectivity index (χ1n) is 5.24. The quantitative estimate of drug-likeness (QED) is 0.816. The van der Waals surface area contributed by atoms with E-state index in [4.69, 9.17) is 4.74 Å². The lowest BCUT2D eigenvalue weighted by Crippen LogP contribution is -2.13. The summed E-state index contributed by atoms with van der Waals surface area (Å²) in [5.41, 5.74) is 0.436. The molecule has 0 aromatic heterocycles. The molecule has 1 heterocycles. The van der Waals surface area contributed by atoms with Crippen molar-refractivity contribution in [2.45, 2.75) is 19.9 Å². The van der Waals surface area contributed by atoms with Gasteiger partial charge in [-0.1, -0.05) is 29.8 Å². The molecule has 0 N–H and O–H groups in total. The second-order valence-electron chi connectivity index (χ2n) is 4.18. The summed E-state index contributed by atoms with van der Waals surface area (Å²) in [6.07, 6.45) is 0. The summed E-state index contributed by atoms with van der Waals surface area (Å²) in [4.78, 5) is 4.39. The zero-order valence-electron chi connectivity index (χ0n) is 9.21. The van der Waals surface area contributed by atoms with Crippen molar-refractivity contribution in [3.8, 4) is 0 Å². The monoisotopic (exact) mass is 285 g/mol. The van der Waals surface area contributed by atoms with E-state index in [2.05, 4.69) is 34.8 Å². The molecular formula is C12H13BrFNO. The molecule has 0 spiro atoms. The van der Waals surface area contributed by atoms with E-state index in [1.807, 2.05) is 0 Å². The fourth-order valence-electron chi connectivity index (χ4n) is 1.54. The Morgan fingerprint density at radius 2 is 2.25 bits per heavy atom. The molecule has 0 saturated carbocycles. The fraction of sp³-hybridized carbons (Fsp3) is 0.417. The number of ether oxygens (including phenoxy) is 1. The lowest BCUT2D eigenvalue weighted by atomic mass is 10.1. The molecule has 2 rings (SSSR count). The minimum atomic E-state index is -0.308. The van der Waals surface area contributed by atoms with Crippen LogP contribution >= 0.6 is 15.9 Å². The molecule has 1 aromatic rings. The second kappa shape index (κ2) is 4.53. The SMILES string of the molecule is CC(C)C1COC(c2ccc(Br)cc2F)=N1. The first-order chi connectivity index (χ1) is 7.58. The standard InChI is InChI=1S/C12H13BrFNO/c1-7(2)11-6-16-12(15-11)9-4-3-8(13)5-10(9)14/h3-5,7,11H,6H2,1-2H3. The molecule has 86 valence electrons. The van der Waals surface area contributed by atoms with Crippen molar-refractivity contribution in [1.82, 2.24) is 0 Å². The fourth-order valence-corrected chi connectivity index (χ4v) is 1.87. The van der Waals surface area contributed by atoms with Gasteiger partial charge in [-0.2, -0.15) is 0 Å². The molecule has 0 saturated heterocycles. The van der Waals surface area contributed by atoms with E-state index in [-0.39, 0.29) is 11.9 Å². The molecule has 0 bridgehead atoms. The van der Waals surface area contributed by atoms with Crippen LogP contribution in [-0.2, 0) is 4.74 Å². The van der Waals surface area contributed by atoms with Gasteiger partial charge in [0.2, 0.25) is 5.90 Å². The molecule has 0 fully saturated rings. The highest BCUT2D eigenvalue weighted by Gasteiger charge is 2.24. The van der Waals surface area contributed by atoms with Gasteiger partial charge in [0.15, 0.2) is 0 Å². The maximum absolute atomic E-state index is 13.6. The van der Waals surface area contributed by atoms with Gasteiger partial charge in [-0.15, -0.1) is 0 Å². The minimum absolute atomic E-state index is 0.137. The molecule has 1 atom stereocenters. The number of aliphatic imine (C=N–C) groups is 1. The average molecular weight is 286 g/mol. The molecule has 1 aliphatic heterocycles. The Kier molecular flexibility index (Phi) is 3.28. The van der Waals surface area contributed by atoms with Crippen molar-refractivity contribution in [2.24, 2.45) is 10.9 Å². The molecule has 0 aliphatic carbocycles. The van der Waals surface area contributed by atoms with Crippen LogP contribution in [0, 0.1) is 11.7 Å². The molecule has 2 nitrogen and oxygen atoms in total. The molecule has 16 heavy (non-hydrogen) atoms. The first-order valence-corrected chi connectivity index (χ1v) is 6.03. The third kappa shape index (κ3) is 2.26. The lowest BCUT2D eigenvalue weighted by molar-refractivity contribution is 0.291. The molecule has 1 unspecified atom stereocenters. The van der Waals surface area contributed by atoms with Crippen LogP contribution in [0.2, 0.25) is 0 Å². The van der Waals surface area contributed by atoms with E-state index >= 15 is 0 Å². The van der Waals surface area contributed by atoms with Crippen LogP contribution in [0.3, 0.4) is 0 Å². The van der Waals surface area contributed by atoms with Crippen LogP contribution < -0.4 is 0 Å². The Morgan fingerprint density at radius 3 is 2.81 bits per heavy atom. The third-order valence-corrected chi connectivity index (χ3v) is 3.10. The highest BCUT2D eigenvalue weighted by atomic mass is 79.9. The number of halogens is 2. The van der Waals surface area contributed by atoms with E-state index in [1.54, 1.807) is 12.1 Å². The van der Waals surface area contributed by atoms with Crippen molar-refractivity contribution < 1.29 is 9.13 Å². The zero-order valence-corrected chi connectivity index (χ0v) is 10.8. The predicted octanol–water partition coefficient (Wildman–Crippen LogP) is 3.39. The number of rotatable bonds is 2. The number of hydrogen-bond donors (Lipinski definition) is 0. The summed E-state index contributed by atoms with van der Waals surface area (Å²) in [5, 5.41) is 0. The van der Waals surface area contributed by atoms with Gasteiger partial charge in [0.1, 0.15) is 12.4 Å².